The first-order chi connectivity index (χ1) is 41.8. The molecule has 0 aromatic heterocycles. The van der Waals surface area contributed by atoms with E-state index in [1.807, 2.05) is 18.2 Å². The molecule has 0 radical (unpaired) electrons. The van der Waals surface area contributed by atoms with Crippen molar-refractivity contribution in [2.45, 2.75) is 62.3 Å². The predicted molar refractivity (Wildman–Crippen MR) is 322 cm³/mol. The smallest absolute Gasteiger partial charge is 0.311 e. The number of rotatable bonds is 17. The second-order valence-corrected chi connectivity index (χ2v) is 20.3. The fourth-order valence-corrected chi connectivity index (χ4v) is 8.79. The molecule has 0 aliphatic rings. The van der Waals surface area contributed by atoms with Gasteiger partial charge in [0.2, 0.25) is 0 Å². The molecule has 9 aromatic carbocycles. The molecule has 9 aromatic rings. The van der Waals surface area contributed by atoms with E-state index in [2.05, 4.69) is 24.8 Å². The Hall–Kier alpha value is -11.1. The topological polar surface area (TPSA) is 405 Å². The Balaban J connectivity index is 0.000000204. The molecule has 0 saturated carbocycles. The van der Waals surface area contributed by atoms with Crippen LogP contribution in [0.5, 0.6) is 69.0 Å². The fourth-order valence-electron chi connectivity index (χ4n) is 8.79. The number of aliphatic hydroxyl groups is 1. The van der Waals surface area contributed by atoms with Crippen LogP contribution < -0.4 is 10.8 Å². The Bertz CT molecular complexity index is 3400. The Kier molecular flexibility index (Phi) is 25.3. The summed E-state index contributed by atoms with van der Waals surface area (Å²) in [4.78, 5) is 34.0. The van der Waals surface area contributed by atoms with E-state index in [-0.39, 0.29) is 101 Å². The van der Waals surface area contributed by atoms with E-state index in [9.17, 15) is 96.1 Å². The van der Waals surface area contributed by atoms with Crippen molar-refractivity contribution in [3.05, 3.63) is 250 Å². The van der Waals surface area contributed by atoms with Gasteiger partial charge in [0.25, 0.3) is 0 Å². The number of carboxylic acid groups (broad SMARTS) is 3. The lowest BCUT2D eigenvalue weighted by Gasteiger charge is -2.19. The molecule has 18 N–H and O–H groups in total. The largest absolute Gasteiger partial charge is 0.549 e. The van der Waals surface area contributed by atoms with Crippen LogP contribution in [0.1, 0.15) is 86.7 Å². The number of carbonyl (C=O) groups excluding carboxylic acids is 1. The SMILES string of the molecule is C[C@@H]([NH3+])c1ccccc1.O=C(O)C(Cc1ccc(O)cc1O)c1ccc(O)cc1.O=C(O)[C@@H](Cc1ccc(O)cc1O)c1ccc(O)cc1.O=C([O-])[C@@H](Cc1ccc(O)cc1O)c1ccc(O)cc1.OC[C@@H](Cc1ccc(O)cc1O)c1ccc(O)cc1. The van der Waals surface area contributed by atoms with Crippen molar-refractivity contribution in [1.82, 2.24) is 0 Å². The summed E-state index contributed by atoms with van der Waals surface area (Å²) in [6.45, 7) is 2.03. The molecule has 0 aliphatic heterocycles. The number of quaternary nitrogens is 1. The molecule has 0 aliphatic carbocycles. The number of aromatic hydroxyl groups is 12. The molecule has 9 rings (SSSR count). The van der Waals surface area contributed by atoms with E-state index in [0.717, 1.165) is 11.6 Å². The van der Waals surface area contributed by atoms with Gasteiger partial charge in [0.1, 0.15) is 75.0 Å². The zero-order valence-corrected chi connectivity index (χ0v) is 47.5. The molecular formula is C68H69NO19. The highest BCUT2D eigenvalue weighted by atomic mass is 16.4. The maximum absolute atomic E-state index is 11.4. The molecule has 20 heteroatoms. The fraction of sp³-hybridized carbons (Fsp3) is 0.162. The van der Waals surface area contributed by atoms with Crippen LogP contribution in [0.2, 0.25) is 0 Å². The average Bonchev–Trinajstić information content (AvgIpc) is 2.80. The molecular weight excluding hydrogens is 1130 g/mol. The maximum atomic E-state index is 11.4. The number of carboxylic acids is 3. The van der Waals surface area contributed by atoms with Crippen molar-refractivity contribution >= 4 is 17.9 Å². The van der Waals surface area contributed by atoms with Crippen molar-refractivity contribution in [3.63, 3.8) is 0 Å². The second-order valence-electron chi connectivity index (χ2n) is 20.3. The number of aliphatic carboxylic acids is 3. The van der Waals surface area contributed by atoms with Crippen LogP contribution in [-0.2, 0) is 40.1 Å². The average molecular weight is 1200 g/mol. The van der Waals surface area contributed by atoms with E-state index in [1.54, 1.807) is 30.3 Å². The molecule has 0 fully saturated rings. The molecule has 460 valence electrons. The third kappa shape index (κ3) is 21.2. The molecule has 0 saturated heterocycles. The van der Waals surface area contributed by atoms with Gasteiger partial charge in [0.15, 0.2) is 0 Å². The maximum Gasteiger partial charge on any atom is 0.311 e. The van der Waals surface area contributed by atoms with E-state index >= 15 is 0 Å². The molecule has 0 heterocycles. The number of benzene rings is 9. The third-order valence-corrected chi connectivity index (χ3v) is 13.7. The molecule has 1 unspecified atom stereocenters. The highest BCUT2D eigenvalue weighted by Crippen LogP contribution is 2.34. The van der Waals surface area contributed by atoms with E-state index in [4.69, 9.17) is 0 Å². The van der Waals surface area contributed by atoms with E-state index in [1.165, 1.54) is 139 Å². The summed E-state index contributed by atoms with van der Waals surface area (Å²) in [6.07, 6.45) is 0.658. The lowest BCUT2D eigenvalue weighted by atomic mass is 9.91. The number of hydrogen-bond donors (Lipinski definition) is 16. The van der Waals surface area contributed by atoms with Crippen LogP contribution in [0, 0.1) is 0 Å². The van der Waals surface area contributed by atoms with Crippen molar-refractivity contribution in [2.75, 3.05) is 6.61 Å². The predicted octanol–water partition coefficient (Wildman–Crippen LogP) is 8.42. The monoisotopic (exact) mass is 1200 g/mol. The van der Waals surface area contributed by atoms with Crippen molar-refractivity contribution in [3.8, 4) is 69.0 Å². The van der Waals surface area contributed by atoms with E-state index in [0.29, 0.717) is 51.4 Å². The first-order valence-electron chi connectivity index (χ1n) is 27.2. The summed E-state index contributed by atoms with van der Waals surface area (Å²) >= 11 is 0. The molecule has 0 amide bonds. The first-order valence-corrected chi connectivity index (χ1v) is 27.2. The first kappa shape index (κ1) is 67.7. The Morgan fingerprint density at radius 2 is 0.614 bits per heavy atom. The van der Waals surface area contributed by atoms with Crippen LogP contribution in [-0.4, -0.2) is 101 Å². The zero-order chi connectivity index (χ0) is 64.6. The number of hydrogen-bond acceptors (Lipinski definition) is 17. The van der Waals surface area contributed by atoms with Crippen LogP contribution in [0.25, 0.3) is 0 Å². The van der Waals surface area contributed by atoms with Gasteiger partial charge in [-0.25, -0.2) is 0 Å². The summed E-state index contributed by atoms with van der Waals surface area (Å²) in [5, 5.41) is 152. The standard InChI is InChI=1S/3C15H14O5.C15H16O4.C8H11N/c3*16-11-4-1-9(2-5-11)13(15(19)20)7-10-3-6-12(17)8-14(10)18;16-9-12(10-1-4-13(17)5-2-10)7-11-3-6-14(18)8-15(11)19;1-7(9)8-5-3-2-4-6-8/h3*1-6,8,13,16-18H,7H2,(H,19,20);1-6,8,12,16-19H,7,9H2;2-7H,9H2,1H3/t2*13-;;12-;7-/m00.11/s1. The van der Waals surface area contributed by atoms with Gasteiger partial charge in [0.05, 0.1) is 18.4 Å². The lowest BCUT2D eigenvalue weighted by molar-refractivity contribution is -0.420. The van der Waals surface area contributed by atoms with Gasteiger partial charge >= 0.3 is 11.9 Å². The van der Waals surface area contributed by atoms with Gasteiger partial charge in [-0.05, 0) is 150 Å². The molecule has 88 heavy (non-hydrogen) atoms. The van der Waals surface area contributed by atoms with Gasteiger partial charge in [-0.2, -0.15) is 0 Å². The number of phenolic OH excluding ortho intramolecular Hbond substituents is 12. The summed E-state index contributed by atoms with van der Waals surface area (Å²) in [7, 11) is 0. The highest BCUT2D eigenvalue weighted by molar-refractivity contribution is 5.78. The number of carbonyl (C=O) groups is 3. The van der Waals surface area contributed by atoms with Gasteiger partial charge in [-0.15, -0.1) is 0 Å². The summed E-state index contributed by atoms with van der Waals surface area (Å²) in [5.41, 5.74) is 9.54. The lowest BCUT2D eigenvalue weighted by Crippen LogP contribution is -2.51. The van der Waals surface area contributed by atoms with Gasteiger partial charge < -0.3 is 92.2 Å². The van der Waals surface area contributed by atoms with Crippen LogP contribution >= 0.6 is 0 Å². The van der Waals surface area contributed by atoms with Crippen LogP contribution in [0.3, 0.4) is 0 Å². The molecule has 0 bridgehead atoms. The Labute approximate surface area is 506 Å². The van der Waals surface area contributed by atoms with Crippen LogP contribution in [0.15, 0.2) is 200 Å². The minimum atomic E-state index is -1.27. The van der Waals surface area contributed by atoms with Crippen molar-refractivity contribution < 1.29 is 102 Å². The minimum absolute atomic E-state index is 0.00596. The Morgan fingerprint density at radius 1 is 0.352 bits per heavy atom. The second kappa shape index (κ2) is 32.8. The zero-order valence-electron chi connectivity index (χ0n) is 47.5. The van der Waals surface area contributed by atoms with Gasteiger partial charge in [-0.1, -0.05) is 103 Å². The van der Waals surface area contributed by atoms with Crippen LogP contribution in [0.4, 0.5) is 0 Å². The van der Waals surface area contributed by atoms with Crippen molar-refractivity contribution in [2.24, 2.45) is 0 Å². The quantitative estimate of drug-likeness (QED) is 0.0406. The van der Waals surface area contributed by atoms with E-state index < -0.39 is 35.7 Å². The summed E-state index contributed by atoms with van der Waals surface area (Å²) < 4.78 is 0. The minimum Gasteiger partial charge on any atom is -0.549 e. The van der Waals surface area contributed by atoms with Gasteiger partial charge in [-0.3, -0.25) is 9.59 Å². The molecule has 0 spiro atoms. The molecule has 20 nitrogen and oxygen atoms in total. The highest BCUT2D eigenvalue weighted by Gasteiger charge is 2.24. The summed E-state index contributed by atoms with van der Waals surface area (Å²) in [5.74, 6) is -6.49. The number of phenols is 12. The Morgan fingerprint density at radius 3 is 0.864 bits per heavy atom. The third-order valence-electron chi connectivity index (χ3n) is 13.7. The normalized spacial score (nSPS) is 12.2. The molecule has 5 atom stereocenters. The van der Waals surface area contributed by atoms with Crippen molar-refractivity contribution in [1.29, 1.82) is 0 Å². The number of aliphatic hydroxyl groups excluding tert-OH is 1. The van der Waals surface area contributed by atoms with Gasteiger partial charge in [0, 0.05) is 47.6 Å². The summed E-state index contributed by atoms with van der Waals surface area (Å²) in [6, 6.07) is 51.4.